The molecule has 5 nitrogen and oxygen atoms in total. The molecule has 0 atom stereocenters. The van der Waals surface area contributed by atoms with Crippen LogP contribution in [0.3, 0.4) is 0 Å². The van der Waals surface area contributed by atoms with E-state index in [1.165, 1.54) is 5.56 Å². The van der Waals surface area contributed by atoms with Gasteiger partial charge < -0.3 is 40.0 Å². The Morgan fingerprint density at radius 3 is 2.41 bits per heavy atom. The molecule has 0 radical (unpaired) electrons. The summed E-state index contributed by atoms with van der Waals surface area (Å²) >= 11 is 1.59. The van der Waals surface area contributed by atoms with Crippen molar-refractivity contribution in [2.75, 3.05) is 13.7 Å². The normalized spacial score (nSPS) is 15.9. The average Bonchev–Trinajstić information content (AvgIpc) is 3.02. The molecule has 2 aliphatic rings. The molecule has 1 amide bonds. The zero-order valence-electron chi connectivity index (χ0n) is 15.2. The fourth-order valence-electron chi connectivity index (χ4n) is 2.83. The number of nitrogens with zero attached hydrogens (tertiary/aromatic N) is 3. The number of halogens is 2. The fourth-order valence-corrected chi connectivity index (χ4v) is 3.80. The average molecular weight is 478 g/mol. The summed E-state index contributed by atoms with van der Waals surface area (Å²) in [4.78, 5) is 19.2. The molecular weight excluding hydrogens is 459 g/mol. The van der Waals surface area contributed by atoms with E-state index in [9.17, 15) is 10.3 Å². The number of hydrogen-bond donors (Lipinski definition) is 0. The summed E-state index contributed by atoms with van der Waals surface area (Å²) in [6.45, 7) is 2.71. The minimum atomic E-state index is 0. The Bertz CT molecular complexity index is 790. The van der Waals surface area contributed by atoms with Crippen molar-refractivity contribution in [1.29, 1.82) is 0 Å². The second kappa shape index (κ2) is 11.7. The third kappa shape index (κ3) is 5.94. The molecule has 0 saturated carbocycles. The maximum absolute atomic E-state index is 12.1. The van der Waals surface area contributed by atoms with E-state index in [0.29, 0.717) is 30.8 Å². The van der Waals surface area contributed by atoms with E-state index in [2.05, 4.69) is 36.0 Å². The van der Waals surface area contributed by atoms with Crippen molar-refractivity contribution >= 4 is 23.4 Å². The van der Waals surface area contributed by atoms with Crippen molar-refractivity contribution in [2.45, 2.75) is 31.1 Å². The number of carbonyl (C=O) groups is 1. The molecule has 3 rings (SSSR count). The van der Waals surface area contributed by atoms with E-state index in [-0.39, 0.29) is 50.2 Å². The topological polar surface area (TPSA) is 65.9 Å². The van der Waals surface area contributed by atoms with Gasteiger partial charge in [-0.2, -0.15) is 4.79 Å². The van der Waals surface area contributed by atoms with Crippen LogP contribution in [0.2, 0.25) is 0 Å². The smallest absolute Gasteiger partial charge is 1.00 e. The Balaban J connectivity index is 0.00000225. The molecule has 0 unspecified atom stereocenters. The SMILES string of the molecule is COC1=C(Sc2ccc(C)cc2)C=C(N2CCCC2=O)C(=[N+]=[N-])C1.[Cl-].[Cl-].[Zn+2]. The Morgan fingerprint density at radius 2 is 1.89 bits per heavy atom. The second-order valence-corrected chi connectivity index (χ2v) is 6.92. The van der Waals surface area contributed by atoms with Crippen LogP contribution in [-0.2, 0) is 29.0 Å². The number of benzene rings is 1. The predicted molar refractivity (Wildman–Crippen MR) is 93.3 cm³/mol. The molecule has 0 bridgehead atoms. The minimum Gasteiger partial charge on any atom is -1.00 e. The zero-order chi connectivity index (χ0) is 17.1. The largest absolute Gasteiger partial charge is 2.00 e. The number of allylic oxidation sites excluding steroid dienone is 3. The van der Waals surface area contributed by atoms with E-state index in [1.54, 1.807) is 23.8 Å². The number of carbonyl (C=O) groups excluding carboxylic acids is 1. The van der Waals surface area contributed by atoms with E-state index < -0.39 is 0 Å². The van der Waals surface area contributed by atoms with Crippen LogP contribution < -0.4 is 24.8 Å². The summed E-state index contributed by atoms with van der Waals surface area (Å²) in [5, 5.41) is 0. The first-order chi connectivity index (χ1) is 11.6. The van der Waals surface area contributed by atoms with Gasteiger partial charge in [0.05, 0.1) is 12.0 Å². The van der Waals surface area contributed by atoms with Gasteiger partial charge in [0.25, 0.3) is 0 Å². The third-order valence-electron chi connectivity index (χ3n) is 4.15. The summed E-state index contributed by atoms with van der Waals surface area (Å²) in [5.41, 5.74) is 11.7. The van der Waals surface area contributed by atoms with Gasteiger partial charge in [0.1, 0.15) is 17.9 Å². The first-order valence-electron chi connectivity index (χ1n) is 7.87. The fraction of sp³-hybridized carbons (Fsp3) is 0.333. The number of hydrogen-bond acceptors (Lipinski definition) is 3. The summed E-state index contributed by atoms with van der Waals surface area (Å²) in [7, 11) is 1.61. The van der Waals surface area contributed by atoms with Crippen molar-refractivity contribution in [3.8, 4) is 0 Å². The molecule has 9 heteroatoms. The molecule has 1 aromatic carbocycles. The van der Waals surface area contributed by atoms with Gasteiger partial charge >= 0.3 is 25.2 Å². The standard InChI is InChI=1S/C18H19N3O2S.2ClH.Zn/c1-12-5-7-13(8-6-12)24-17-11-15(21-9-3-4-18(21)22)14(20-19)10-16(17)23-2;;;/h5-8,11H,3-4,9-10H2,1-2H3;2*1H;/q;;;+2/p-2. The number of methoxy groups -OCH3 is 1. The molecule has 0 N–H and O–H groups in total. The molecule has 1 heterocycles. The number of likely N-dealkylation sites (tertiary alicyclic amines) is 1. The number of ether oxygens (including phenoxy) is 1. The molecule has 1 fully saturated rings. The van der Waals surface area contributed by atoms with Gasteiger partial charge in [0.15, 0.2) is 0 Å². The van der Waals surface area contributed by atoms with Crippen LogP contribution in [0.4, 0.5) is 0 Å². The summed E-state index contributed by atoms with van der Waals surface area (Å²) < 4.78 is 5.49. The van der Waals surface area contributed by atoms with Crippen LogP contribution >= 0.6 is 11.8 Å². The van der Waals surface area contributed by atoms with Crippen molar-refractivity contribution in [3.05, 3.63) is 57.8 Å². The summed E-state index contributed by atoms with van der Waals surface area (Å²) in [6, 6.07) is 8.25. The van der Waals surface area contributed by atoms with Crippen molar-refractivity contribution in [3.63, 3.8) is 0 Å². The monoisotopic (exact) mass is 475 g/mol. The van der Waals surface area contributed by atoms with Crippen molar-refractivity contribution in [2.24, 2.45) is 0 Å². The number of thioether (sulfide) groups is 1. The van der Waals surface area contributed by atoms with Gasteiger partial charge in [0.2, 0.25) is 5.91 Å². The van der Waals surface area contributed by atoms with E-state index in [1.807, 2.05) is 6.08 Å². The Labute approximate surface area is 188 Å². The Morgan fingerprint density at radius 1 is 1.22 bits per heavy atom. The minimum absolute atomic E-state index is 0. The predicted octanol–water partition coefficient (Wildman–Crippen LogP) is -2.47. The van der Waals surface area contributed by atoms with Crippen LogP contribution in [0.25, 0.3) is 5.53 Å². The van der Waals surface area contributed by atoms with E-state index >= 15 is 0 Å². The van der Waals surface area contributed by atoms with Crippen LogP contribution in [0.5, 0.6) is 0 Å². The van der Waals surface area contributed by atoms with Crippen LogP contribution in [0, 0.1) is 6.92 Å². The van der Waals surface area contributed by atoms with Crippen LogP contribution in [0.1, 0.15) is 24.8 Å². The van der Waals surface area contributed by atoms with Crippen LogP contribution in [0.15, 0.2) is 51.6 Å². The molecule has 27 heavy (non-hydrogen) atoms. The van der Waals surface area contributed by atoms with Gasteiger partial charge in [-0.1, -0.05) is 29.5 Å². The summed E-state index contributed by atoms with van der Waals surface area (Å²) in [6.07, 6.45) is 3.63. The second-order valence-electron chi connectivity index (χ2n) is 5.81. The molecule has 1 aromatic rings. The first-order valence-corrected chi connectivity index (χ1v) is 8.69. The number of aryl methyl sites for hydroxylation is 1. The Kier molecular flexibility index (Phi) is 11.2. The summed E-state index contributed by atoms with van der Waals surface area (Å²) in [5.74, 6) is 0.812. The first kappa shape index (κ1) is 25.9. The van der Waals surface area contributed by atoms with Crippen molar-refractivity contribution < 1.29 is 58.6 Å². The van der Waals surface area contributed by atoms with Gasteiger partial charge in [-0.25, -0.2) is 0 Å². The molecule has 140 valence electrons. The van der Waals surface area contributed by atoms with E-state index in [4.69, 9.17) is 4.74 Å². The van der Waals surface area contributed by atoms with Crippen LogP contribution in [-0.4, -0.2) is 35.0 Å². The van der Waals surface area contributed by atoms with E-state index in [0.717, 1.165) is 22.0 Å². The molecular formula is C18H19Cl2N3O2SZn. The zero-order valence-corrected chi connectivity index (χ0v) is 20.5. The maximum atomic E-state index is 12.1. The molecule has 1 aliphatic heterocycles. The number of amides is 1. The van der Waals surface area contributed by atoms with Gasteiger partial charge in [-0.05, 0) is 31.6 Å². The molecule has 1 aliphatic carbocycles. The molecule has 1 saturated heterocycles. The quantitative estimate of drug-likeness (QED) is 0.274. The molecule has 0 spiro atoms. The van der Waals surface area contributed by atoms with Gasteiger partial charge in [-0.3, -0.25) is 4.79 Å². The third-order valence-corrected chi connectivity index (χ3v) is 5.22. The number of rotatable bonds is 4. The molecule has 0 aromatic heterocycles. The van der Waals surface area contributed by atoms with Crippen molar-refractivity contribution in [1.82, 2.24) is 4.90 Å². The maximum Gasteiger partial charge on any atom is 2.00 e. The van der Waals surface area contributed by atoms with Gasteiger partial charge in [0, 0.05) is 17.9 Å². The van der Waals surface area contributed by atoms with Gasteiger partial charge in [-0.15, -0.1) is 0 Å². The Hall–Kier alpha value is -1.10.